The highest BCUT2D eigenvalue weighted by Crippen LogP contribution is 2.10. The van der Waals surface area contributed by atoms with Crippen molar-refractivity contribution in [3.8, 4) is 0 Å². The average Bonchev–Trinajstić information content (AvgIpc) is 2.64. The molecule has 28 heavy (non-hydrogen) atoms. The highest BCUT2D eigenvalue weighted by atomic mass is 32.1. The fourth-order valence-electron chi connectivity index (χ4n) is 2.55. The maximum atomic E-state index is 11.5. The Labute approximate surface area is 172 Å². The Hall–Kier alpha value is -1.32. The number of carbonyl (C=O) groups excluding carboxylic acids is 1. The predicted molar refractivity (Wildman–Crippen MR) is 109 cm³/mol. The maximum Gasteiger partial charge on any atom is 0.326 e. The summed E-state index contributed by atoms with van der Waals surface area (Å²) in [5.41, 5.74) is 0. The van der Waals surface area contributed by atoms with Gasteiger partial charge in [-0.25, -0.2) is 4.79 Å². The van der Waals surface area contributed by atoms with E-state index in [1.807, 2.05) is 0 Å². The van der Waals surface area contributed by atoms with Crippen molar-refractivity contribution in [2.75, 3.05) is 32.2 Å². The van der Waals surface area contributed by atoms with E-state index in [1.165, 1.54) is 44.9 Å². The molecule has 0 saturated carbocycles. The number of amides is 1. The first-order valence-electron chi connectivity index (χ1n) is 9.97. The summed E-state index contributed by atoms with van der Waals surface area (Å²) in [6.07, 6.45) is 10.3. The molecule has 0 aliphatic heterocycles. The Morgan fingerprint density at radius 2 is 1.32 bits per heavy atom. The Bertz CT molecular complexity index is 435. The highest BCUT2D eigenvalue weighted by molar-refractivity contribution is 7.80. The van der Waals surface area contributed by atoms with E-state index in [9.17, 15) is 14.4 Å². The zero-order valence-electron chi connectivity index (χ0n) is 16.6. The second-order valence-electron chi connectivity index (χ2n) is 6.63. The molecule has 0 unspecified atom stereocenters. The second-order valence-corrected chi connectivity index (χ2v) is 7.07. The van der Waals surface area contributed by atoms with Gasteiger partial charge in [-0.2, -0.15) is 12.6 Å². The van der Waals surface area contributed by atoms with Crippen LogP contribution >= 0.6 is 12.6 Å². The Kier molecular flexibility index (Phi) is 18.1. The summed E-state index contributed by atoms with van der Waals surface area (Å²) in [6.45, 7) is 0.893. The molecule has 0 bridgehead atoms. The van der Waals surface area contributed by atoms with Gasteiger partial charge in [-0.3, -0.25) is 9.59 Å². The first-order chi connectivity index (χ1) is 13.5. The molecule has 0 spiro atoms. The number of carbonyl (C=O) groups is 3. The number of carboxylic acids is 2. The molecule has 164 valence electrons. The number of hydrogen-bond acceptors (Lipinski definition) is 6. The van der Waals surface area contributed by atoms with Crippen LogP contribution in [0.25, 0.3) is 0 Å². The van der Waals surface area contributed by atoms with Gasteiger partial charge in [0.1, 0.15) is 12.6 Å². The van der Waals surface area contributed by atoms with E-state index < -0.39 is 30.3 Å². The molecule has 0 aliphatic rings. The van der Waals surface area contributed by atoms with E-state index in [1.54, 1.807) is 0 Å². The molecular weight excluding hydrogens is 386 g/mol. The Morgan fingerprint density at radius 1 is 0.786 bits per heavy atom. The van der Waals surface area contributed by atoms with Gasteiger partial charge in [0, 0.05) is 6.61 Å². The van der Waals surface area contributed by atoms with Gasteiger partial charge in [0.05, 0.1) is 19.6 Å². The monoisotopic (exact) mass is 421 g/mol. The zero-order chi connectivity index (χ0) is 21.0. The number of unbranched alkanes of at least 4 members (excludes halogenated alkanes) is 8. The summed E-state index contributed by atoms with van der Waals surface area (Å²) < 4.78 is 10.5. The lowest BCUT2D eigenvalue weighted by atomic mass is 10.1. The van der Waals surface area contributed by atoms with Gasteiger partial charge in [-0.15, -0.1) is 0 Å². The van der Waals surface area contributed by atoms with Crippen LogP contribution in [0.4, 0.5) is 0 Å². The number of aliphatic carboxylic acids is 2. The number of thiol groups is 1. The number of hydrogen-bond donors (Lipinski definition) is 4. The molecule has 1 amide bonds. The van der Waals surface area contributed by atoms with Crippen LogP contribution in [0.1, 0.15) is 64.2 Å². The third-order valence-corrected chi connectivity index (χ3v) is 4.38. The topological polar surface area (TPSA) is 122 Å². The van der Waals surface area contributed by atoms with Crippen molar-refractivity contribution in [3.05, 3.63) is 0 Å². The standard InChI is InChI=1S/C19H35NO7S/c21-17(20-16(19(24)25)14-18(22)23)15-27-12-11-26-10-8-6-4-2-1-3-5-7-9-13-28/h16,28H,1-15H2,(H,20,21)(H,22,23)(H,24,25)/t16-/m0/s1. The first-order valence-corrected chi connectivity index (χ1v) is 10.6. The second kappa shape index (κ2) is 19.0. The SMILES string of the molecule is O=C(O)C[C@H](NC(=O)COCCOCCCCCCCCCCCS)C(=O)O. The van der Waals surface area contributed by atoms with Gasteiger partial charge in [0.25, 0.3) is 0 Å². The minimum Gasteiger partial charge on any atom is -0.481 e. The van der Waals surface area contributed by atoms with Crippen LogP contribution in [0, 0.1) is 0 Å². The van der Waals surface area contributed by atoms with Gasteiger partial charge in [0.2, 0.25) is 5.91 Å². The van der Waals surface area contributed by atoms with Crippen molar-refractivity contribution in [2.24, 2.45) is 0 Å². The molecule has 0 aromatic rings. The number of carboxylic acid groups (broad SMARTS) is 2. The van der Waals surface area contributed by atoms with E-state index in [4.69, 9.17) is 19.7 Å². The third-order valence-electron chi connectivity index (χ3n) is 4.06. The lowest BCUT2D eigenvalue weighted by Crippen LogP contribution is -2.43. The summed E-state index contributed by atoms with van der Waals surface area (Å²) in [6, 6.07) is -1.46. The van der Waals surface area contributed by atoms with Gasteiger partial charge in [0.15, 0.2) is 0 Å². The summed E-state index contributed by atoms with van der Waals surface area (Å²) in [4.78, 5) is 32.9. The molecule has 0 aliphatic carbocycles. The van der Waals surface area contributed by atoms with Crippen LogP contribution < -0.4 is 5.32 Å². The van der Waals surface area contributed by atoms with Crippen LogP contribution in [0.2, 0.25) is 0 Å². The number of nitrogens with one attached hydrogen (secondary N) is 1. The maximum absolute atomic E-state index is 11.5. The zero-order valence-corrected chi connectivity index (χ0v) is 17.5. The van der Waals surface area contributed by atoms with E-state index in [2.05, 4.69) is 17.9 Å². The molecule has 1 atom stereocenters. The smallest absolute Gasteiger partial charge is 0.326 e. The predicted octanol–water partition coefficient (Wildman–Crippen LogP) is 2.50. The van der Waals surface area contributed by atoms with Gasteiger partial charge in [-0.1, -0.05) is 44.9 Å². The van der Waals surface area contributed by atoms with Crippen molar-refractivity contribution in [1.29, 1.82) is 0 Å². The number of ether oxygens (including phenoxy) is 2. The van der Waals surface area contributed by atoms with Crippen LogP contribution in [0.3, 0.4) is 0 Å². The van der Waals surface area contributed by atoms with Crippen LogP contribution in [0.5, 0.6) is 0 Å². The quantitative estimate of drug-likeness (QED) is 0.176. The molecule has 0 aromatic heterocycles. The van der Waals surface area contributed by atoms with Gasteiger partial charge in [-0.05, 0) is 18.6 Å². The van der Waals surface area contributed by atoms with Crippen LogP contribution in [-0.4, -0.2) is 66.3 Å². The highest BCUT2D eigenvalue weighted by Gasteiger charge is 2.22. The van der Waals surface area contributed by atoms with Crippen LogP contribution in [0.15, 0.2) is 0 Å². The van der Waals surface area contributed by atoms with Crippen molar-refractivity contribution in [2.45, 2.75) is 70.3 Å². The average molecular weight is 422 g/mol. The molecule has 8 nitrogen and oxygen atoms in total. The molecular formula is C19H35NO7S. The fraction of sp³-hybridized carbons (Fsp3) is 0.842. The van der Waals surface area contributed by atoms with E-state index in [-0.39, 0.29) is 13.2 Å². The van der Waals surface area contributed by atoms with Crippen molar-refractivity contribution in [3.63, 3.8) is 0 Å². The molecule has 0 aromatic carbocycles. The molecule has 0 radical (unpaired) electrons. The largest absolute Gasteiger partial charge is 0.481 e. The van der Waals surface area contributed by atoms with E-state index in [0.717, 1.165) is 18.6 Å². The minimum atomic E-state index is -1.46. The molecule has 3 N–H and O–H groups in total. The first kappa shape index (κ1) is 26.7. The molecule has 0 heterocycles. The van der Waals surface area contributed by atoms with E-state index in [0.29, 0.717) is 13.2 Å². The fourth-order valence-corrected chi connectivity index (χ4v) is 2.77. The van der Waals surface area contributed by atoms with Crippen molar-refractivity contribution >= 4 is 30.5 Å². The lowest BCUT2D eigenvalue weighted by Gasteiger charge is -2.12. The Balaban J connectivity index is 3.41. The summed E-state index contributed by atoms with van der Waals surface area (Å²) in [5.74, 6) is -2.38. The molecule has 0 rings (SSSR count). The van der Waals surface area contributed by atoms with Crippen molar-refractivity contribution in [1.82, 2.24) is 5.32 Å². The van der Waals surface area contributed by atoms with Crippen molar-refractivity contribution < 1.29 is 34.1 Å². The minimum absolute atomic E-state index is 0.219. The third kappa shape index (κ3) is 18.1. The summed E-state index contributed by atoms with van der Waals surface area (Å²) >= 11 is 4.20. The molecule has 0 fully saturated rings. The van der Waals surface area contributed by atoms with Gasteiger partial charge < -0.3 is 25.0 Å². The van der Waals surface area contributed by atoms with Crippen LogP contribution in [-0.2, 0) is 23.9 Å². The molecule has 0 saturated heterocycles. The summed E-state index contributed by atoms with van der Waals surface area (Å²) in [7, 11) is 0. The summed E-state index contributed by atoms with van der Waals surface area (Å²) in [5, 5.41) is 19.5. The molecule has 9 heteroatoms. The van der Waals surface area contributed by atoms with Gasteiger partial charge >= 0.3 is 11.9 Å². The Morgan fingerprint density at radius 3 is 1.86 bits per heavy atom. The van der Waals surface area contributed by atoms with E-state index >= 15 is 0 Å². The number of rotatable bonds is 20. The lowest BCUT2D eigenvalue weighted by molar-refractivity contribution is -0.147. The normalized spacial score (nSPS) is 11.9.